The molecule has 4 nitrogen and oxygen atoms in total. The van der Waals surface area contributed by atoms with Gasteiger partial charge in [-0.3, -0.25) is 4.79 Å². The van der Waals surface area contributed by atoms with Crippen LogP contribution in [0.25, 0.3) is 5.57 Å². The fourth-order valence-electron chi connectivity index (χ4n) is 3.09. The number of amides is 1. The molecule has 0 saturated heterocycles. The lowest BCUT2D eigenvalue weighted by atomic mass is 9.97. The van der Waals surface area contributed by atoms with Crippen molar-refractivity contribution in [1.82, 2.24) is 4.90 Å². The maximum absolute atomic E-state index is 12.3. The summed E-state index contributed by atoms with van der Waals surface area (Å²) in [7, 11) is 0. The van der Waals surface area contributed by atoms with Crippen LogP contribution in [-0.4, -0.2) is 35.5 Å². The lowest BCUT2D eigenvalue weighted by Crippen LogP contribution is -2.39. The molecule has 1 aromatic carbocycles. The van der Waals surface area contributed by atoms with Gasteiger partial charge >= 0.3 is 6.09 Å². The molecular formula is C19H23NO3. The van der Waals surface area contributed by atoms with Gasteiger partial charge in [-0.2, -0.15) is 0 Å². The van der Waals surface area contributed by atoms with Gasteiger partial charge in [0, 0.05) is 25.1 Å². The van der Waals surface area contributed by atoms with Gasteiger partial charge in [0.25, 0.3) is 0 Å². The first-order chi connectivity index (χ1) is 10.8. The third kappa shape index (κ3) is 3.46. The van der Waals surface area contributed by atoms with Gasteiger partial charge in [0.2, 0.25) is 0 Å². The Balaban J connectivity index is 1.75. The highest BCUT2D eigenvalue weighted by atomic mass is 16.6. The van der Waals surface area contributed by atoms with Crippen LogP contribution < -0.4 is 0 Å². The van der Waals surface area contributed by atoms with E-state index in [4.69, 9.17) is 4.74 Å². The Hall–Kier alpha value is -2.10. The summed E-state index contributed by atoms with van der Waals surface area (Å²) in [6.45, 7) is 6.87. The Kier molecular flexibility index (Phi) is 4.00. The summed E-state index contributed by atoms with van der Waals surface area (Å²) in [5.41, 5.74) is 3.74. The molecule has 1 heterocycles. The van der Waals surface area contributed by atoms with Gasteiger partial charge in [-0.15, -0.1) is 0 Å². The Morgan fingerprint density at radius 3 is 2.74 bits per heavy atom. The van der Waals surface area contributed by atoms with Crippen LogP contribution >= 0.6 is 0 Å². The first-order valence-electron chi connectivity index (χ1n) is 8.17. The number of ketones is 1. The number of rotatable bonds is 1. The number of benzene rings is 1. The zero-order valence-electron chi connectivity index (χ0n) is 14.0. The first-order valence-corrected chi connectivity index (χ1v) is 8.17. The Morgan fingerprint density at radius 2 is 2.00 bits per heavy atom. The fourth-order valence-corrected chi connectivity index (χ4v) is 3.09. The van der Waals surface area contributed by atoms with Crippen molar-refractivity contribution in [2.24, 2.45) is 0 Å². The van der Waals surface area contributed by atoms with Gasteiger partial charge in [-0.1, -0.05) is 24.3 Å². The van der Waals surface area contributed by atoms with Crippen molar-refractivity contribution in [3.8, 4) is 0 Å². The fraction of sp³-hybridized carbons (Fsp3) is 0.474. The maximum atomic E-state index is 12.3. The molecule has 122 valence electrons. The van der Waals surface area contributed by atoms with Gasteiger partial charge in [0.15, 0.2) is 5.78 Å². The largest absolute Gasteiger partial charge is 0.444 e. The summed E-state index contributed by atoms with van der Waals surface area (Å²) in [5.74, 6) is 0.236. The predicted molar refractivity (Wildman–Crippen MR) is 89.5 cm³/mol. The van der Waals surface area contributed by atoms with Crippen molar-refractivity contribution in [3.05, 3.63) is 41.0 Å². The Morgan fingerprint density at radius 1 is 1.22 bits per heavy atom. The van der Waals surface area contributed by atoms with Crippen molar-refractivity contribution >= 4 is 17.4 Å². The second kappa shape index (κ2) is 5.84. The van der Waals surface area contributed by atoms with Crippen LogP contribution in [-0.2, 0) is 11.2 Å². The number of nitrogens with zero attached hydrogens (tertiary/aromatic N) is 1. The Labute approximate surface area is 137 Å². The number of fused-ring (bicyclic) bond motifs is 1. The standard InChI is InChI=1S/C19H23NO3/c1-19(2,3)23-18(22)20-10-4-5-15(12-20)13-6-8-16-14(11-13)7-9-17(16)21/h5-6,8,11H,4,7,9-10,12H2,1-3H3. The highest BCUT2D eigenvalue weighted by molar-refractivity contribution is 6.00. The summed E-state index contributed by atoms with van der Waals surface area (Å²) >= 11 is 0. The van der Waals surface area contributed by atoms with Gasteiger partial charge in [-0.25, -0.2) is 4.79 Å². The van der Waals surface area contributed by atoms with E-state index in [1.807, 2.05) is 32.9 Å². The molecule has 0 spiro atoms. The van der Waals surface area contributed by atoms with Gasteiger partial charge in [0.05, 0.1) is 0 Å². The normalized spacial score (nSPS) is 17.8. The minimum atomic E-state index is -0.480. The van der Waals surface area contributed by atoms with E-state index in [0.29, 0.717) is 19.5 Å². The van der Waals surface area contributed by atoms with E-state index in [9.17, 15) is 9.59 Å². The second-order valence-corrected chi connectivity index (χ2v) is 7.22. The number of Topliss-reactive ketones (excluding diaryl/α,β-unsaturated/α-hetero) is 1. The topological polar surface area (TPSA) is 46.6 Å². The zero-order valence-corrected chi connectivity index (χ0v) is 14.0. The van der Waals surface area contributed by atoms with Crippen LogP contribution in [0.3, 0.4) is 0 Å². The maximum Gasteiger partial charge on any atom is 0.410 e. The lowest BCUT2D eigenvalue weighted by Gasteiger charge is -2.30. The van der Waals surface area contributed by atoms with Crippen LogP contribution in [0.15, 0.2) is 24.3 Å². The molecule has 2 aliphatic rings. The van der Waals surface area contributed by atoms with Gasteiger partial charge in [0.1, 0.15) is 5.60 Å². The van der Waals surface area contributed by atoms with E-state index >= 15 is 0 Å². The molecule has 3 rings (SSSR count). The van der Waals surface area contributed by atoms with Crippen LogP contribution in [0.5, 0.6) is 0 Å². The predicted octanol–water partition coefficient (Wildman–Crippen LogP) is 3.84. The van der Waals surface area contributed by atoms with Gasteiger partial charge < -0.3 is 9.64 Å². The molecule has 0 atom stereocenters. The van der Waals surface area contributed by atoms with Crippen LogP contribution in [0.4, 0.5) is 4.79 Å². The van der Waals surface area contributed by atoms with Crippen molar-refractivity contribution in [2.75, 3.05) is 13.1 Å². The second-order valence-electron chi connectivity index (χ2n) is 7.22. The third-order valence-electron chi connectivity index (χ3n) is 4.20. The molecule has 23 heavy (non-hydrogen) atoms. The molecule has 1 aromatic rings. The quantitative estimate of drug-likeness (QED) is 0.791. The van der Waals surface area contributed by atoms with Crippen LogP contribution in [0, 0.1) is 0 Å². The monoisotopic (exact) mass is 313 g/mol. The molecule has 0 fully saturated rings. The molecule has 0 saturated carbocycles. The van der Waals surface area contributed by atoms with Crippen molar-refractivity contribution in [2.45, 2.75) is 45.6 Å². The molecule has 1 aliphatic heterocycles. The summed E-state index contributed by atoms with van der Waals surface area (Å²) in [5, 5.41) is 0. The highest BCUT2D eigenvalue weighted by Crippen LogP contribution is 2.28. The molecular weight excluding hydrogens is 290 g/mol. The lowest BCUT2D eigenvalue weighted by molar-refractivity contribution is 0.0273. The van der Waals surface area contributed by atoms with Crippen molar-refractivity contribution < 1.29 is 14.3 Å². The molecule has 0 bridgehead atoms. The van der Waals surface area contributed by atoms with E-state index in [1.165, 1.54) is 0 Å². The van der Waals surface area contributed by atoms with Crippen LogP contribution in [0.2, 0.25) is 0 Å². The molecule has 0 unspecified atom stereocenters. The number of carbonyl (C=O) groups is 2. The summed E-state index contributed by atoms with van der Waals surface area (Å²) < 4.78 is 5.46. The van der Waals surface area contributed by atoms with E-state index in [1.54, 1.807) is 4.90 Å². The van der Waals surface area contributed by atoms with E-state index in [2.05, 4.69) is 12.1 Å². The smallest absolute Gasteiger partial charge is 0.410 e. The number of ether oxygens (including phenoxy) is 1. The average Bonchev–Trinajstić information content (AvgIpc) is 2.87. The first kappa shape index (κ1) is 15.8. The van der Waals surface area contributed by atoms with E-state index < -0.39 is 5.60 Å². The van der Waals surface area contributed by atoms with Gasteiger partial charge in [-0.05, 0) is 50.3 Å². The molecule has 1 amide bonds. The molecule has 0 N–H and O–H groups in total. The molecule has 1 aliphatic carbocycles. The van der Waals surface area contributed by atoms with E-state index in [0.717, 1.165) is 35.1 Å². The summed E-state index contributed by atoms with van der Waals surface area (Å²) in [4.78, 5) is 25.7. The average molecular weight is 313 g/mol. The highest BCUT2D eigenvalue weighted by Gasteiger charge is 2.25. The molecule has 4 heteroatoms. The van der Waals surface area contributed by atoms with Crippen LogP contribution in [0.1, 0.15) is 55.1 Å². The third-order valence-corrected chi connectivity index (χ3v) is 4.20. The SMILES string of the molecule is CC(C)(C)OC(=O)N1CCC=C(c2ccc3c(c2)CCC3=O)C1. The number of hydrogen-bond donors (Lipinski definition) is 0. The number of carbonyl (C=O) groups excluding carboxylic acids is 2. The minimum absolute atomic E-state index is 0.236. The molecule has 0 aromatic heterocycles. The van der Waals surface area contributed by atoms with Crippen molar-refractivity contribution in [1.29, 1.82) is 0 Å². The zero-order chi connectivity index (χ0) is 16.6. The summed E-state index contributed by atoms with van der Waals surface area (Å²) in [6, 6.07) is 6.02. The minimum Gasteiger partial charge on any atom is -0.444 e. The van der Waals surface area contributed by atoms with E-state index in [-0.39, 0.29) is 11.9 Å². The summed E-state index contributed by atoms with van der Waals surface area (Å²) in [6.07, 6.45) is 4.18. The Bertz CT molecular complexity index is 682. The van der Waals surface area contributed by atoms with Crippen molar-refractivity contribution in [3.63, 3.8) is 0 Å². The molecule has 0 radical (unpaired) electrons. The number of hydrogen-bond acceptors (Lipinski definition) is 3. The number of aryl methyl sites for hydroxylation is 1.